The van der Waals surface area contributed by atoms with E-state index >= 15 is 0 Å². The van der Waals surface area contributed by atoms with Gasteiger partial charge >= 0.3 is 0 Å². The van der Waals surface area contributed by atoms with Crippen molar-refractivity contribution in [3.8, 4) is 22.4 Å². The number of imidazole rings is 1. The van der Waals surface area contributed by atoms with Crippen molar-refractivity contribution < 1.29 is 9.90 Å². The third-order valence-corrected chi connectivity index (χ3v) is 5.06. The molecule has 4 aromatic rings. The molecule has 0 aliphatic heterocycles. The third kappa shape index (κ3) is 4.82. The second-order valence-electron chi connectivity index (χ2n) is 7.25. The number of aliphatic hydroxyl groups is 1. The molecule has 166 valence electrons. The zero-order valence-corrected chi connectivity index (χ0v) is 17.9. The smallest absolute Gasteiger partial charge is 0.251 e. The zero-order chi connectivity index (χ0) is 23.2. The van der Waals surface area contributed by atoms with Gasteiger partial charge in [-0.3, -0.25) is 9.80 Å². The molecule has 0 atom stereocenters. The summed E-state index contributed by atoms with van der Waals surface area (Å²) in [5.74, 6) is 5.86. The molecule has 0 aliphatic rings. The number of nitrogens with one attached hydrogen (secondary N) is 1. The minimum atomic E-state index is -0.222. The average molecular weight is 441 g/mol. The minimum Gasteiger partial charge on any atom is -0.395 e. The van der Waals surface area contributed by atoms with Crippen LogP contribution in [0.5, 0.6) is 0 Å². The fourth-order valence-corrected chi connectivity index (χ4v) is 3.38. The second kappa shape index (κ2) is 9.90. The standard InChI is InChI=1S/C25H24N6O2/c1-2-3-12-30(26)22-6-4-5-20(14-22)23-17-28-24-15-21(16-29-31(23)24)18-7-9-19(10-8-18)25(33)27-11-13-32/h2-10,12,14-17,32H,1,11,13,26H2,(H,27,33)/b12-3-. The van der Waals surface area contributed by atoms with Crippen LogP contribution in [0.25, 0.3) is 28.0 Å². The maximum atomic E-state index is 12.0. The Balaban J connectivity index is 1.60. The monoisotopic (exact) mass is 440 g/mol. The van der Waals surface area contributed by atoms with Crippen LogP contribution in [0.15, 0.2) is 91.9 Å². The highest BCUT2D eigenvalue weighted by atomic mass is 16.3. The molecule has 33 heavy (non-hydrogen) atoms. The molecule has 0 bridgehead atoms. The normalized spacial score (nSPS) is 11.1. The van der Waals surface area contributed by atoms with E-state index in [1.807, 2.05) is 42.5 Å². The van der Waals surface area contributed by atoms with Crippen molar-refractivity contribution in [1.29, 1.82) is 0 Å². The summed E-state index contributed by atoms with van der Waals surface area (Å²) in [6.07, 6.45) is 8.70. The lowest BCUT2D eigenvalue weighted by Crippen LogP contribution is -2.26. The maximum absolute atomic E-state index is 12.0. The van der Waals surface area contributed by atoms with E-state index < -0.39 is 0 Å². The molecule has 2 heterocycles. The van der Waals surface area contributed by atoms with Crippen molar-refractivity contribution in [2.45, 2.75) is 0 Å². The van der Waals surface area contributed by atoms with Crippen LogP contribution >= 0.6 is 0 Å². The Labute approximate surface area is 191 Å². The molecule has 8 nitrogen and oxygen atoms in total. The van der Waals surface area contributed by atoms with Crippen molar-refractivity contribution in [3.63, 3.8) is 0 Å². The predicted molar refractivity (Wildman–Crippen MR) is 129 cm³/mol. The molecule has 0 saturated carbocycles. The van der Waals surface area contributed by atoms with Gasteiger partial charge in [0.1, 0.15) is 0 Å². The van der Waals surface area contributed by atoms with E-state index in [2.05, 4.69) is 22.0 Å². The Bertz CT molecular complexity index is 1310. The van der Waals surface area contributed by atoms with Crippen molar-refractivity contribution in [2.75, 3.05) is 18.2 Å². The maximum Gasteiger partial charge on any atom is 0.251 e. The number of anilines is 1. The first-order valence-corrected chi connectivity index (χ1v) is 10.4. The number of hydrazine groups is 1. The predicted octanol–water partition coefficient (Wildman–Crippen LogP) is 3.17. The first kappa shape index (κ1) is 21.9. The van der Waals surface area contributed by atoms with Gasteiger partial charge in [-0.25, -0.2) is 15.3 Å². The third-order valence-electron chi connectivity index (χ3n) is 5.06. The van der Waals surface area contributed by atoms with Gasteiger partial charge in [-0.05, 0) is 42.0 Å². The van der Waals surface area contributed by atoms with E-state index in [-0.39, 0.29) is 19.1 Å². The first-order chi connectivity index (χ1) is 16.1. The van der Waals surface area contributed by atoms with Crippen LogP contribution in [0.3, 0.4) is 0 Å². The van der Waals surface area contributed by atoms with Gasteiger partial charge in [-0.1, -0.05) is 36.9 Å². The number of aliphatic hydroxyl groups excluding tert-OH is 1. The van der Waals surface area contributed by atoms with E-state index in [1.54, 1.807) is 47.4 Å². The summed E-state index contributed by atoms with van der Waals surface area (Å²) in [5.41, 5.74) is 5.63. The number of hydrogen-bond acceptors (Lipinski definition) is 6. The van der Waals surface area contributed by atoms with Crippen LogP contribution in [-0.2, 0) is 0 Å². The lowest BCUT2D eigenvalue weighted by Gasteiger charge is -2.14. The largest absolute Gasteiger partial charge is 0.395 e. The van der Waals surface area contributed by atoms with Crippen molar-refractivity contribution in [3.05, 3.63) is 97.5 Å². The van der Waals surface area contributed by atoms with Gasteiger partial charge in [-0.15, -0.1) is 0 Å². The van der Waals surface area contributed by atoms with Gasteiger partial charge in [0, 0.05) is 29.4 Å². The fourth-order valence-electron chi connectivity index (χ4n) is 3.38. The van der Waals surface area contributed by atoms with E-state index in [4.69, 9.17) is 10.9 Å². The number of nitrogens with zero attached hydrogens (tertiary/aromatic N) is 4. The van der Waals surface area contributed by atoms with Crippen molar-refractivity contribution in [2.24, 2.45) is 5.84 Å². The summed E-state index contributed by atoms with van der Waals surface area (Å²) in [6.45, 7) is 3.78. The molecule has 4 N–H and O–H groups in total. The number of hydrogen-bond donors (Lipinski definition) is 3. The SMILES string of the molecule is C=C/C=C\N(N)c1cccc(-c2cnc3cc(-c4ccc(C(=O)NCCO)cc4)cnn23)c1. The van der Waals surface area contributed by atoms with Gasteiger partial charge in [0.25, 0.3) is 5.91 Å². The quantitative estimate of drug-likeness (QED) is 0.221. The van der Waals surface area contributed by atoms with Crippen LogP contribution in [-0.4, -0.2) is 38.8 Å². The van der Waals surface area contributed by atoms with Gasteiger partial charge in [0.05, 0.1) is 30.4 Å². The van der Waals surface area contributed by atoms with Gasteiger partial charge in [0.2, 0.25) is 0 Å². The summed E-state index contributed by atoms with van der Waals surface area (Å²) in [6, 6.07) is 17.0. The number of nitrogens with two attached hydrogens (primary N) is 1. The summed E-state index contributed by atoms with van der Waals surface area (Å²) in [7, 11) is 0. The van der Waals surface area contributed by atoms with Crippen molar-refractivity contribution in [1.82, 2.24) is 19.9 Å². The summed E-state index contributed by atoms with van der Waals surface area (Å²) < 4.78 is 1.78. The molecule has 0 unspecified atom stereocenters. The Hall–Kier alpha value is -4.27. The summed E-state index contributed by atoms with van der Waals surface area (Å²) in [5, 5.41) is 17.6. The van der Waals surface area contributed by atoms with E-state index in [1.165, 1.54) is 5.01 Å². The van der Waals surface area contributed by atoms with Gasteiger partial charge in [0.15, 0.2) is 5.65 Å². The molecule has 0 fully saturated rings. The van der Waals surface area contributed by atoms with Crippen LogP contribution in [0.1, 0.15) is 10.4 Å². The lowest BCUT2D eigenvalue weighted by atomic mass is 10.1. The van der Waals surface area contributed by atoms with Crippen LogP contribution < -0.4 is 16.2 Å². The highest BCUT2D eigenvalue weighted by Gasteiger charge is 2.11. The molecule has 1 amide bonds. The molecule has 4 rings (SSSR count). The summed E-state index contributed by atoms with van der Waals surface area (Å²) in [4.78, 5) is 16.5. The molecule has 0 saturated heterocycles. The molecular formula is C25H24N6O2. The van der Waals surface area contributed by atoms with Crippen LogP contribution in [0.4, 0.5) is 5.69 Å². The molecule has 2 aromatic heterocycles. The number of carbonyl (C=O) groups excluding carboxylic acids is 1. The highest BCUT2D eigenvalue weighted by Crippen LogP contribution is 2.26. The topological polar surface area (TPSA) is 109 Å². The molecule has 8 heteroatoms. The van der Waals surface area contributed by atoms with Gasteiger partial charge in [-0.2, -0.15) is 5.10 Å². The van der Waals surface area contributed by atoms with E-state index in [0.29, 0.717) is 11.2 Å². The Morgan fingerprint density at radius 2 is 1.94 bits per heavy atom. The van der Waals surface area contributed by atoms with Crippen molar-refractivity contribution >= 4 is 17.2 Å². The fraction of sp³-hybridized carbons (Fsp3) is 0.0800. The Kier molecular flexibility index (Phi) is 6.58. The number of allylic oxidation sites excluding steroid dienone is 2. The molecule has 2 aromatic carbocycles. The first-order valence-electron chi connectivity index (χ1n) is 10.4. The second-order valence-corrected chi connectivity index (χ2v) is 7.25. The highest BCUT2D eigenvalue weighted by molar-refractivity contribution is 5.94. The molecule has 0 radical (unpaired) electrons. The Morgan fingerprint density at radius 3 is 2.70 bits per heavy atom. The number of carbonyl (C=O) groups is 1. The minimum absolute atomic E-state index is 0.0943. The lowest BCUT2D eigenvalue weighted by molar-refractivity contribution is 0.0945. The number of fused-ring (bicyclic) bond motifs is 1. The molecule has 0 spiro atoms. The Morgan fingerprint density at radius 1 is 1.12 bits per heavy atom. The number of aromatic nitrogens is 3. The number of benzene rings is 2. The zero-order valence-electron chi connectivity index (χ0n) is 17.9. The molecular weight excluding hydrogens is 416 g/mol. The van der Waals surface area contributed by atoms with E-state index in [9.17, 15) is 4.79 Å². The van der Waals surface area contributed by atoms with Crippen LogP contribution in [0, 0.1) is 0 Å². The van der Waals surface area contributed by atoms with Gasteiger partial charge < -0.3 is 10.4 Å². The molecule has 0 aliphatic carbocycles. The summed E-state index contributed by atoms with van der Waals surface area (Å²) >= 11 is 0. The number of rotatable bonds is 8. The van der Waals surface area contributed by atoms with Crippen LogP contribution in [0.2, 0.25) is 0 Å². The number of amides is 1. The van der Waals surface area contributed by atoms with E-state index in [0.717, 1.165) is 28.1 Å². The average Bonchev–Trinajstić information content (AvgIpc) is 3.29.